The van der Waals surface area contributed by atoms with Gasteiger partial charge in [0.15, 0.2) is 0 Å². The van der Waals surface area contributed by atoms with Crippen molar-refractivity contribution in [3.8, 4) is 11.8 Å². The molecule has 1 saturated heterocycles. The van der Waals surface area contributed by atoms with E-state index in [2.05, 4.69) is 11.8 Å². The Kier molecular flexibility index (Phi) is 5.14. The fraction of sp³-hybridized carbons (Fsp3) is 0.643. The number of likely N-dealkylation sites (tertiary alicyclic amines) is 1. The lowest BCUT2D eigenvalue weighted by Crippen LogP contribution is -2.58. The lowest BCUT2D eigenvalue weighted by molar-refractivity contribution is -0.156. The molecule has 0 spiro atoms. The van der Waals surface area contributed by atoms with Crippen LogP contribution in [0.2, 0.25) is 0 Å². The molecule has 1 aliphatic rings. The summed E-state index contributed by atoms with van der Waals surface area (Å²) in [6, 6.07) is -0.845. The van der Waals surface area contributed by atoms with E-state index in [0.717, 1.165) is 0 Å². The van der Waals surface area contributed by atoms with Gasteiger partial charge < -0.3 is 14.9 Å². The quantitative estimate of drug-likeness (QED) is 0.737. The summed E-state index contributed by atoms with van der Waals surface area (Å²) in [5.74, 6) is 2.88. The summed E-state index contributed by atoms with van der Waals surface area (Å²) >= 11 is 0. The minimum absolute atomic E-state index is 0.176. The molecule has 1 fully saturated rings. The molecule has 1 N–H and O–H groups in total. The first-order valence-corrected chi connectivity index (χ1v) is 6.50. The summed E-state index contributed by atoms with van der Waals surface area (Å²) in [7, 11) is 1.50. The van der Waals surface area contributed by atoms with Gasteiger partial charge in [-0.15, -0.1) is 0 Å². The number of hydrogen-bond donors (Lipinski definition) is 1. The number of carbonyl (C=O) groups excluding carboxylic acids is 2. The zero-order valence-corrected chi connectivity index (χ0v) is 12.2. The van der Waals surface area contributed by atoms with Gasteiger partial charge in [-0.1, -0.05) is 19.8 Å². The smallest absolute Gasteiger partial charge is 0.326 e. The standard InChI is InChI=1S/C14H20N2O4/c1-5-6-11(17)16-7-10(8-16)13(18)15(4)12(9(2)3)14(19)20/h9-10,12H,7-8H2,1-4H3,(H,19,20)/t12-/m0/s1. The molecule has 6 heteroatoms. The Labute approximate surface area is 118 Å². The van der Waals surface area contributed by atoms with Crippen LogP contribution in [0.15, 0.2) is 0 Å². The SMILES string of the molecule is CC#CC(=O)N1CC(C(=O)N(C)[C@H](C(=O)O)C(C)C)C1. The van der Waals surface area contributed by atoms with Crippen molar-refractivity contribution in [1.82, 2.24) is 9.80 Å². The van der Waals surface area contributed by atoms with Crippen LogP contribution in [0.3, 0.4) is 0 Å². The predicted octanol–water partition coefficient (Wildman–Crippen LogP) is 0.0357. The summed E-state index contributed by atoms with van der Waals surface area (Å²) in [5.41, 5.74) is 0. The molecular weight excluding hydrogens is 260 g/mol. The molecule has 110 valence electrons. The number of nitrogens with zero attached hydrogens (tertiary/aromatic N) is 2. The molecule has 1 atom stereocenters. The van der Waals surface area contributed by atoms with Crippen LogP contribution < -0.4 is 0 Å². The summed E-state index contributed by atoms with van der Waals surface area (Å²) < 4.78 is 0. The lowest BCUT2D eigenvalue weighted by Gasteiger charge is -2.40. The molecule has 1 aliphatic heterocycles. The summed E-state index contributed by atoms with van der Waals surface area (Å²) in [5, 5.41) is 9.17. The number of carboxylic acids is 1. The molecule has 0 aromatic rings. The van der Waals surface area contributed by atoms with Crippen LogP contribution in [-0.4, -0.2) is 58.9 Å². The fourth-order valence-electron chi connectivity index (χ4n) is 2.31. The lowest BCUT2D eigenvalue weighted by atomic mass is 9.95. The highest BCUT2D eigenvalue weighted by Crippen LogP contribution is 2.20. The molecule has 0 radical (unpaired) electrons. The first-order chi connectivity index (χ1) is 9.29. The van der Waals surface area contributed by atoms with Gasteiger partial charge in [0.1, 0.15) is 6.04 Å². The molecule has 20 heavy (non-hydrogen) atoms. The Balaban J connectivity index is 2.62. The van der Waals surface area contributed by atoms with Crippen LogP contribution in [-0.2, 0) is 14.4 Å². The number of hydrogen-bond acceptors (Lipinski definition) is 3. The highest BCUT2D eigenvalue weighted by Gasteiger charge is 2.40. The third kappa shape index (κ3) is 3.29. The largest absolute Gasteiger partial charge is 0.480 e. The number of carbonyl (C=O) groups is 3. The molecule has 1 heterocycles. The van der Waals surface area contributed by atoms with Crippen molar-refractivity contribution in [3.63, 3.8) is 0 Å². The monoisotopic (exact) mass is 280 g/mol. The third-order valence-corrected chi connectivity index (χ3v) is 3.40. The minimum atomic E-state index is -1.01. The second-order valence-corrected chi connectivity index (χ2v) is 5.26. The normalized spacial score (nSPS) is 15.9. The number of amides is 2. The average Bonchev–Trinajstić information content (AvgIpc) is 2.25. The van der Waals surface area contributed by atoms with Crippen molar-refractivity contribution in [2.75, 3.05) is 20.1 Å². The Bertz CT molecular complexity index is 469. The molecule has 6 nitrogen and oxygen atoms in total. The van der Waals surface area contributed by atoms with E-state index in [9.17, 15) is 14.4 Å². The molecule has 0 aliphatic carbocycles. The summed E-state index contributed by atoms with van der Waals surface area (Å²) in [6.07, 6.45) is 0. The van der Waals surface area contributed by atoms with E-state index >= 15 is 0 Å². The van der Waals surface area contributed by atoms with Gasteiger partial charge in [-0.05, 0) is 18.8 Å². The number of rotatable bonds is 4. The van der Waals surface area contributed by atoms with E-state index in [1.165, 1.54) is 16.8 Å². The highest BCUT2D eigenvalue weighted by molar-refractivity contribution is 5.95. The maximum Gasteiger partial charge on any atom is 0.326 e. The van der Waals surface area contributed by atoms with Crippen molar-refractivity contribution in [2.45, 2.75) is 26.8 Å². The van der Waals surface area contributed by atoms with E-state index in [0.29, 0.717) is 13.1 Å². The maximum absolute atomic E-state index is 12.2. The van der Waals surface area contributed by atoms with Gasteiger partial charge in [0, 0.05) is 20.1 Å². The first-order valence-electron chi connectivity index (χ1n) is 6.50. The molecule has 0 bridgehead atoms. The number of likely N-dealkylation sites (N-methyl/N-ethyl adjacent to an activating group) is 1. The van der Waals surface area contributed by atoms with Crippen LogP contribution in [0, 0.1) is 23.7 Å². The van der Waals surface area contributed by atoms with Crippen molar-refractivity contribution >= 4 is 17.8 Å². The van der Waals surface area contributed by atoms with Crippen molar-refractivity contribution in [1.29, 1.82) is 0 Å². The zero-order chi connectivity index (χ0) is 15.4. The molecular formula is C14H20N2O4. The third-order valence-electron chi connectivity index (χ3n) is 3.40. The van der Waals surface area contributed by atoms with Gasteiger partial charge in [-0.2, -0.15) is 0 Å². The van der Waals surface area contributed by atoms with Crippen LogP contribution >= 0.6 is 0 Å². The van der Waals surface area contributed by atoms with E-state index in [1.54, 1.807) is 20.8 Å². The highest BCUT2D eigenvalue weighted by atomic mass is 16.4. The summed E-state index contributed by atoms with van der Waals surface area (Å²) in [4.78, 5) is 37.6. The van der Waals surface area contributed by atoms with Crippen LogP contribution in [0.4, 0.5) is 0 Å². The van der Waals surface area contributed by atoms with Gasteiger partial charge in [0.25, 0.3) is 5.91 Å². The second kappa shape index (κ2) is 6.42. The topological polar surface area (TPSA) is 77.9 Å². The number of carboxylic acid groups (broad SMARTS) is 1. The summed E-state index contributed by atoms with van der Waals surface area (Å²) in [6.45, 7) is 5.71. The molecule has 0 unspecified atom stereocenters. The van der Waals surface area contributed by atoms with Crippen LogP contribution in [0.25, 0.3) is 0 Å². The Morgan fingerprint density at radius 3 is 2.25 bits per heavy atom. The molecule has 1 rings (SSSR count). The van der Waals surface area contributed by atoms with Gasteiger partial charge >= 0.3 is 5.97 Å². The fourth-order valence-corrected chi connectivity index (χ4v) is 2.31. The van der Waals surface area contributed by atoms with Gasteiger partial charge in [-0.3, -0.25) is 9.59 Å². The van der Waals surface area contributed by atoms with E-state index < -0.39 is 12.0 Å². The van der Waals surface area contributed by atoms with E-state index in [-0.39, 0.29) is 23.7 Å². The number of aliphatic carboxylic acids is 1. The average molecular weight is 280 g/mol. The van der Waals surface area contributed by atoms with Crippen molar-refractivity contribution in [2.24, 2.45) is 11.8 Å². The van der Waals surface area contributed by atoms with E-state index in [4.69, 9.17) is 5.11 Å². The Morgan fingerprint density at radius 2 is 1.85 bits per heavy atom. The zero-order valence-electron chi connectivity index (χ0n) is 12.2. The van der Waals surface area contributed by atoms with Gasteiger partial charge in [0.2, 0.25) is 5.91 Å². The molecule has 0 aromatic heterocycles. The van der Waals surface area contributed by atoms with Gasteiger partial charge in [0.05, 0.1) is 5.92 Å². The molecule has 2 amide bonds. The molecule has 0 aromatic carbocycles. The van der Waals surface area contributed by atoms with E-state index in [1.807, 2.05) is 0 Å². The maximum atomic E-state index is 12.2. The Hall–Kier alpha value is -2.03. The van der Waals surface area contributed by atoms with Crippen LogP contribution in [0.1, 0.15) is 20.8 Å². The van der Waals surface area contributed by atoms with Crippen LogP contribution in [0.5, 0.6) is 0 Å². The van der Waals surface area contributed by atoms with Gasteiger partial charge in [-0.25, -0.2) is 4.79 Å². The first kappa shape index (κ1) is 16.0. The van der Waals surface area contributed by atoms with Crippen molar-refractivity contribution in [3.05, 3.63) is 0 Å². The second-order valence-electron chi connectivity index (χ2n) is 5.26. The predicted molar refractivity (Wildman–Crippen MR) is 72.6 cm³/mol. The van der Waals surface area contributed by atoms with Crippen molar-refractivity contribution < 1.29 is 19.5 Å². The minimum Gasteiger partial charge on any atom is -0.480 e. The Morgan fingerprint density at radius 1 is 1.30 bits per heavy atom. The molecule has 0 saturated carbocycles.